The van der Waals surface area contributed by atoms with Gasteiger partial charge < -0.3 is 9.13 Å². The van der Waals surface area contributed by atoms with Crippen molar-refractivity contribution >= 4 is 43.6 Å². The predicted octanol–water partition coefficient (Wildman–Crippen LogP) is 12.7. The van der Waals surface area contributed by atoms with Crippen molar-refractivity contribution in [3.63, 3.8) is 0 Å². The molecule has 5 nitrogen and oxygen atoms in total. The Hall–Kier alpha value is -7.63. The lowest BCUT2D eigenvalue weighted by molar-refractivity contribution is 1.07. The van der Waals surface area contributed by atoms with E-state index in [0.717, 1.165) is 72.0 Å². The number of fused-ring (bicyclic) bond motifs is 6. The second-order valence-corrected chi connectivity index (χ2v) is 14.1. The molecule has 0 aliphatic rings. The molecule has 11 aromatic rings. The zero-order valence-electron chi connectivity index (χ0n) is 30.3. The smallest absolute Gasteiger partial charge is 0.164 e. The Morgan fingerprint density at radius 2 is 0.625 bits per heavy atom. The molecule has 0 N–H and O–H groups in total. The molecule has 0 saturated heterocycles. The van der Waals surface area contributed by atoms with Crippen LogP contribution in [0.2, 0.25) is 0 Å². The molecule has 56 heavy (non-hydrogen) atoms. The van der Waals surface area contributed by atoms with Crippen LogP contribution in [0.25, 0.3) is 100 Å². The Morgan fingerprint density at radius 1 is 0.250 bits per heavy atom. The van der Waals surface area contributed by atoms with Crippen LogP contribution in [0, 0.1) is 0 Å². The Kier molecular flexibility index (Phi) is 7.42. The van der Waals surface area contributed by atoms with Crippen LogP contribution >= 0.6 is 0 Å². The molecule has 0 aliphatic carbocycles. The first-order valence-corrected chi connectivity index (χ1v) is 18.9. The van der Waals surface area contributed by atoms with E-state index in [-0.39, 0.29) is 0 Å². The minimum Gasteiger partial charge on any atom is -0.309 e. The summed E-state index contributed by atoms with van der Waals surface area (Å²) in [5.74, 6) is 1.88. The van der Waals surface area contributed by atoms with Crippen LogP contribution in [0.5, 0.6) is 0 Å². The summed E-state index contributed by atoms with van der Waals surface area (Å²) in [6.07, 6.45) is 0. The third-order valence-electron chi connectivity index (χ3n) is 10.8. The predicted molar refractivity (Wildman–Crippen MR) is 230 cm³/mol. The van der Waals surface area contributed by atoms with Gasteiger partial charge in [-0.1, -0.05) is 121 Å². The fourth-order valence-corrected chi connectivity index (χ4v) is 8.17. The van der Waals surface area contributed by atoms with Gasteiger partial charge in [0, 0.05) is 49.6 Å². The van der Waals surface area contributed by atoms with E-state index in [1.165, 1.54) is 10.8 Å². The van der Waals surface area contributed by atoms with Gasteiger partial charge in [0.15, 0.2) is 17.5 Å². The van der Waals surface area contributed by atoms with Gasteiger partial charge in [-0.15, -0.1) is 0 Å². The van der Waals surface area contributed by atoms with Crippen LogP contribution in [0.15, 0.2) is 200 Å². The minimum atomic E-state index is 0.625. The van der Waals surface area contributed by atoms with Gasteiger partial charge in [0.05, 0.1) is 22.1 Å². The number of hydrogen-bond acceptors (Lipinski definition) is 3. The standard InChI is InChI=1S/C51H33N5/c1-4-15-34(16-5-1)35-17-14-18-36(31-35)49-52-50(37-27-29-47-43(32-37)41-23-10-12-25-45(41)55(47)39-19-6-2-7-20-39)54-51(53-49)38-28-30-48-44(33-38)42-24-11-13-26-46(42)56(48)40-21-8-3-9-22-40/h1-33H. The van der Waals surface area contributed by atoms with Gasteiger partial charge in [0.25, 0.3) is 0 Å². The van der Waals surface area contributed by atoms with Crippen molar-refractivity contribution < 1.29 is 0 Å². The van der Waals surface area contributed by atoms with Crippen molar-refractivity contribution in [3.8, 4) is 56.7 Å². The van der Waals surface area contributed by atoms with Crippen molar-refractivity contribution in [2.75, 3.05) is 0 Å². The highest BCUT2D eigenvalue weighted by Crippen LogP contribution is 2.37. The zero-order chi connectivity index (χ0) is 37.0. The van der Waals surface area contributed by atoms with E-state index in [1.807, 2.05) is 6.07 Å². The van der Waals surface area contributed by atoms with E-state index in [4.69, 9.17) is 15.0 Å². The van der Waals surface area contributed by atoms with E-state index in [2.05, 4.69) is 203 Å². The number of para-hydroxylation sites is 4. The van der Waals surface area contributed by atoms with Crippen molar-refractivity contribution in [1.82, 2.24) is 24.1 Å². The van der Waals surface area contributed by atoms with Crippen LogP contribution in [0.3, 0.4) is 0 Å². The minimum absolute atomic E-state index is 0.625. The number of rotatable bonds is 6. The number of hydrogen-bond donors (Lipinski definition) is 0. The molecule has 3 heterocycles. The van der Waals surface area contributed by atoms with Crippen molar-refractivity contribution in [2.45, 2.75) is 0 Å². The van der Waals surface area contributed by atoms with Crippen LogP contribution in [0.1, 0.15) is 0 Å². The monoisotopic (exact) mass is 715 g/mol. The molecule has 8 aromatic carbocycles. The molecule has 0 saturated carbocycles. The largest absolute Gasteiger partial charge is 0.309 e. The van der Waals surface area contributed by atoms with E-state index in [1.54, 1.807) is 0 Å². The Bertz CT molecular complexity index is 3060. The molecular formula is C51H33N5. The zero-order valence-corrected chi connectivity index (χ0v) is 30.3. The lowest BCUT2D eigenvalue weighted by Crippen LogP contribution is -2.00. The average molecular weight is 716 g/mol. The fraction of sp³-hybridized carbons (Fsp3) is 0. The summed E-state index contributed by atoms with van der Waals surface area (Å²) >= 11 is 0. The first kappa shape index (κ1) is 31.9. The average Bonchev–Trinajstić information content (AvgIpc) is 3.79. The molecule has 0 unspecified atom stereocenters. The third-order valence-corrected chi connectivity index (χ3v) is 10.8. The van der Waals surface area contributed by atoms with Crippen LogP contribution in [-0.4, -0.2) is 24.1 Å². The van der Waals surface area contributed by atoms with Gasteiger partial charge in [-0.25, -0.2) is 15.0 Å². The van der Waals surface area contributed by atoms with Crippen molar-refractivity contribution in [2.24, 2.45) is 0 Å². The summed E-state index contributed by atoms with van der Waals surface area (Å²) in [4.78, 5) is 15.7. The van der Waals surface area contributed by atoms with Crippen LogP contribution < -0.4 is 0 Å². The first-order valence-electron chi connectivity index (χ1n) is 18.9. The van der Waals surface area contributed by atoms with Crippen molar-refractivity contribution in [3.05, 3.63) is 200 Å². The molecule has 0 radical (unpaired) electrons. The number of nitrogens with zero attached hydrogens (tertiary/aromatic N) is 5. The summed E-state index contributed by atoms with van der Waals surface area (Å²) in [6.45, 7) is 0. The number of aromatic nitrogens is 5. The molecule has 11 rings (SSSR count). The summed E-state index contributed by atoms with van der Waals surface area (Å²) in [5, 5.41) is 4.65. The van der Waals surface area contributed by atoms with Crippen molar-refractivity contribution in [1.29, 1.82) is 0 Å². The Balaban J connectivity index is 1.13. The second kappa shape index (κ2) is 13.0. The second-order valence-electron chi connectivity index (χ2n) is 14.1. The molecule has 0 fully saturated rings. The first-order chi connectivity index (χ1) is 27.8. The van der Waals surface area contributed by atoms with Gasteiger partial charge in [0.1, 0.15) is 0 Å². The summed E-state index contributed by atoms with van der Waals surface area (Å²) in [6, 6.07) is 70.3. The third kappa shape index (κ3) is 5.29. The maximum atomic E-state index is 5.25. The normalized spacial score (nSPS) is 11.6. The summed E-state index contributed by atoms with van der Waals surface area (Å²) in [5.41, 5.74) is 11.9. The topological polar surface area (TPSA) is 48.5 Å². The van der Waals surface area contributed by atoms with E-state index >= 15 is 0 Å². The fourth-order valence-electron chi connectivity index (χ4n) is 8.17. The summed E-state index contributed by atoms with van der Waals surface area (Å²) < 4.78 is 4.66. The molecule has 0 aliphatic heterocycles. The van der Waals surface area contributed by atoms with Gasteiger partial charge in [-0.05, 0) is 90.0 Å². The van der Waals surface area contributed by atoms with Gasteiger partial charge in [0.2, 0.25) is 0 Å². The van der Waals surface area contributed by atoms with E-state index in [0.29, 0.717) is 17.5 Å². The molecule has 262 valence electrons. The molecule has 5 heteroatoms. The van der Waals surface area contributed by atoms with Gasteiger partial charge in [-0.3, -0.25) is 0 Å². The lowest BCUT2D eigenvalue weighted by Gasteiger charge is -2.11. The highest BCUT2D eigenvalue weighted by Gasteiger charge is 2.19. The highest BCUT2D eigenvalue weighted by atomic mass is 15.0. The van der Waals surface area contributed by atoms with E-state index < -0.39 is 0 Å². The van der Waals surface area contributed by atoms with Gasteiger partial charge >= 0.3 is 0 Å². The Morgan fingerprint density at radius 3 is 1.12 bits per heavy atom. The molecule has 3 aromatic heterocycles. The highest BCUT2D eigenvalue weighted by molar-refractivity contribution is 6.11. The Labute approximate surface area is 323 Å². The molecular weight excluding hydrogens is 683 g/mol. The van der Waals surface area contributed by atoms with Crippen LogP contribution in [0.4, 0.5) is 0 Å². The van der Waals surface area contributed by atoms with E-state index in [9.17, 15) is 0 Å². The molecule has 0 amide bonds. The quantitative estimate of drug-likeness (QED) is 0.172. The molecule has 0 spiro atoms. The number of benzene rings is 8. The van der Waals surface area contributed by atoms with Crippen LogP contribution in [-0.2, 0) is 0 Å². The molecule has 0 bridgehead atoms. The van der Waals surface area contributed by atoms with Gasteiger partial charge in [-0.2, -0.15) is 0 Å². The maximum Gasteiger partial charge on any atom is 0.164 e. The molecule has 0 atom stereocenters. The lowest BCUT2D eigenvalue weighted by atomic mass is 10.0. The maximum absolute atomic E-state index is 5.25. The SMILES string of the molecule is c1ccc(-c2cccc(-c3nc(-c4ccc5c(c4)c4ccccc4n5-c4ccccc4)nc(-c4ccc5c(c4)c4ccccc4n5-c4ccccc4)n3)c2)cc1. The summed E-state index contributed by atoms with van der Waals surface area (Å²) in [7, 11) is 0.